The van der Waals surface area contributed by atoms with Crippen LogP contribution in [0.25, 0.3) is 0 Å². The number of hydrogen-bond acceptors (Lipinski definition) is 5. The zero-order valence-electron chi connectivity index (χ0n) is 18.0. The van der Waals surface area contributed by atoms with Crippen LogP contribution in [-0.4, -0.2) is 45.8 Å². The van der Waals surface area contributed by atoms with Gasteiger partial charge in [0.2, 0.25) is 5.43 Å². The number of aryl methyl sites for hydroxylation is 1. The van der Waals surface area contributed by atoms with E-state index in [9.17, 15) is 23.9 Å². The van der Waals surface area contributed by atoms with Gasteiger partial charge in [0.25, 0.3) is 11.8 Å². The summed E-state index contributed by atoms with van der Waals surface area (Å²) < 4.78 is 15.7. The molecule has 32 heavy (non-hydrogen) atoms. The number of hydrogen-bond donors (Lipinski definition) is 2. The molecule has 1 saturated heterocycles. The number of piperidine rings is 1. The van der Waals surface area contributed by atoms with Crippen LogP contribution in [0.2, 0.25) is 0 Å². The molecule has 1 aromatic carbocycles. The van der Waals surface area contributed by atoms with Crippen molar-refractivity contribution in [3.8, 4) is 5.75 Å². The number of nitrogens with zero attached hydrogens (tertiary/aromatic N) is 3. The van der Waals surface area contributed by atoms with Crippen LogP contribution >= 0.6 is 9.24 Å². The van der Waals surface area contributed by atoms with Gasteiger partial charge in [-0.3, -0.25) is 24.1 Å². The maximum Gasteiger partial charge on any atom is 0.278 e. The summed E-state index contributed by atoms with van der Waals surface area (Å²) >= 11 is 0. The van der Waals surface area contributed by atoms with Crippen LogP contribution in [0.5, 0.6) is 5.75 Å². The highest BCUT2D eigenvalue weighted by Gasteiger charge is 2.40. The van der Waals surface area contributed by atoms with E-state index in [1.807, 2.05) is 11.9 Å². The maximum absolute atomic E-state index is 14.2. The van der Waals surface area contributed by atoms with Crippen molar-refractivity contribution in [2.75, 3.05) is 18.1 Å². The summed E-state index contributed by atoms with van der Waals surface area (Å²) in [4.78, 5) is 40.2. The van der Waals surface area contributed by atoms with Gasteiger partial charge in [-0.25, -0.2) is 4.39 Å². The van der Waals surface area contributed by atoms with E-state index in [1.54, 1.807) is 17.9 Å². The lowest BCUT2D eigenvalue weighted by Crippen LogP contribution is -2.63. The molecule has 2 atom stereocenters. The molecule has 1 aromatic heterocycles. The van der Waals surface area contributed by atoms with Crippen LogP contribution in [0.3, 0.4) is 0 Å². The molecule has 1 unspecified atom stereocenters. The fourth-order valence-electron chi connectivity index (χ4n) is 4.39. The normalized spacial score (nSPS) is 17.8. The molecule has 4 rings (SSSR count). The molecule has 2 amide bonds. The Bertz CT molecular complexity index is 1170. The Hall–Kier alpha value is -2.93. The monoisotopic (exact) mass is 460 g/mol. The highest BCUT2D eigenvalue weighted by molar-refractivity contribution is 7.27. The largest absolute Gasteiger partial charge is 0.502 e. The van der Waals surface area contributed by atoms with Crippen molar-refractivity contribution in [3.05, 3.63) is 56.8 Å². The number of aromatic hydroxyl groups is 1. The summed E-state index contributed by atoms with van der Waals surface area (Å²) in [5, 5.41) is 15.9. The first-order valence-corrected chi connectivity index (χ1v) is 11.2. The Kier molecular flexibility index (Phi) is 5.95. The first-order valence-electron chi connectivity index (χ1n) is 10.6. The van der Waals surface area contributed by atoms with Gasteiger partial charge in [0.15, 0.2) is 11.4 Å². The number of pyridine rings is 1. The first-order chi connectivity index (χ1) is 15.2. The van der Waals surface area contributed by atoms with Crippen LogP contribution < -0.4 is 21.1 Å². The van der Waals surface area contributed by atoms with Crippen molar-refractivity contribution >= 4 is 26.4 Å². The summed E-state index contributed by atoms with van der Waals surface area (Å²) in [6.45, 7) is 4.57. The minimum absolute atomic E-state index is 0.122. The second-order valence-corrected chi connectivity index (χ2v) is 8.75. The van der Waals surface area contributed by atoms with E-state index < -0.39 is 28.8 Å². The van der Waals surface area contributed by atoms with Crippen LogP contribution in [-0.2, 0) is 6.54 Å². The molecule has 2 aromatic rings. The van der Waals surface area contributed by atoms with Crippen molar-refractivity contribution in [1.82, 2.24) is 14.9 Å². The fourth-order valence-corrected chi connectivity index (χ4v) is 4.67. The number of aromatic nitrogens is 1. The summed E-state index contributed by atoms with van der Waals surface area (Å²) in [6.07, 6.45) is 3.72. The lowest BCUT2D eigenvalue weighted by molar-refractivity contribution is 0.0534. The molecular weight excluding hydrogens is 434 g/mol. The van der Waals surface area contributed by atoms with E-state index in [2.05, 4.69) is 14.6 Å². The smallest absolute Gasteiger partial charge is 0.278 e. The van der Waals surface area contributed by atoms with Gasteiger partial charge in [-0.05, 0) is 56.1 Å². The van der Waals surface area contributed by atoms with Crippen LogP contribution in [0.15, 0.2) is 23.1 Å². The lowest BCUT2D eigenvalue weighted by atomic mass is 10.1. The predicted octanol–water partition coefficient (Wildman–Crippen LogP) is 1.36. The Morgan fingerprint density at radius 2 is 2.06 bits per heavy atom. The van der Waals surface area contributed by atoms with Crippen molar-refractivity contribution in [2.24, 2.45) is 0 Å². The summed E-state index contributed by atoms with van der Waals surface area (Å²) in [7, 11) is 2.51. The SMILES string of the molecule is CCN1C(=O)c2c(O)c(=O)c(C(=O)NCc3cc(P)c(C)cc3F)cn2N2CCCC[C@@H]12. The molecule has 2 aliphatic rings. The molecule has 3 heterocycles. The van der Waals surface area contributed by atoms with Crippen molar-refractivity contribution in [3.63, 3.8) is 0 Å². The number of carbonyl (C=O) groups excluding carboxylic acids is 2. The molecule has 8 nitrogen and oxygen atoms in total. The molecule has 2 aliphatic heterocycles. The third-order valence-corrected chi connectivity index (χ3v) is 6.79. The molecular formula is C22H26FN4O4P. The standard InChI is InChI=1S/C22H26FN4O4P/c1-3-25-17-6-4-5-7-26(17)27-11-14(19(28)20(29)18(27)22(25)31)21(30)24-10-13-9-16(32)12(2)8-15(13)23/h8-9,11,17,29H,3-7,10,32H2,1-2H3,(H,24,30)/t17-/m0/s1. The van der Waals surface area contributed by atoms with Crippen LogP contribution in [0, 0.1) is 12.7 Å². The molecule has 0 aliphatic carbocycles. The number of fused-ring (bicyclic) bond motifs is 3. The number of carbonyl (C=O) groups is 2. The van der Waals surface area contributed by atoms with Crippen molar-refractivity contribution < 1.29 is 19.1 Å². The van der Waals surface area contributed by atoms with Gasteiger partial charge in [-0.1, -0.05) is 0 Å². The number of rotatable bonds is 4. The molecule has 0 radical (unpaired) electrons. The van der Waals surface area contributed by atoms with E-state index in [-0.39, 0.29) is 29.5 Å². The van der Waals surface area contributed by atoms with Gasteiger partial charge in [-0.2, -0.15) is 0 Å². The Morgan fingerprint density at radius 1 is 1.31 bits per heavy atom. The summed E-state index contributed by atoms with van der Waals surface area (Å²) in [5.41, 5.74) is -0.316. The Balaban J connectivity index is 1.69. The number of halogens is 1. The predicted molar refractivity (Wildman–Crippen MR) is 121 cm³/mol. The van der Waals surface area contributed by atoms with Crippen molar-refractivity contribution in [2.45, 2.75) is 45.8 Å². The Labute approximate surface area is 187 Å². The van der Waals surface area contributed by atoms with Gasteiger partial charge in [0, 0.05) is 31.4 Å². The summed E-state index contributed by atoms with van der Waals surface area (Å²) in [5.74, 6) is -2.39. The maximum atomic E-state index is 14.2. The average Bonchev–Trinajstić information content (AvgIpc) is 2.77. The minimum atomic E-state index is -0.926. The molecule has 0 saturated carbocycles. The van der Waals surface area contributed by atoms with Crippen molar-refractivity contribution in [1.29, 1.82) is 0 Å². The van der Waals surface area contributed by atoms with E-state index in [4.69, 9.17) is 0 Å². The second kappa shape index (κ2) is 8.54. The lowest BCUT2D eigenvalue weighted by Gasteiger charge is -2.48. The van der Waals surface area contributed by atoms with Gasteiger partial charge in [0.1, 0.15) is 17.5 Å². The minimum Gasteiger partial charge on any atom is -0.502 e. The number of nitrogens with one attached hydrogen (secondary N) is 1. The fraction of sp³-hybridized carbons (Fsp3) is 0.409. The van der Waals surface area contributed by atoms with E-state index in [0.29, 0.717) is 13.1 Å². The molecule has 0 spiro atoms. The molecule has 170 valence electrons. The van der Waals surface area contributed by atoms with E-state index in [0.717, 1.165) is 30.1 Å². The zero-order valence-corrected chi connectivity index (χ0v) is 19.2. The molecule has 0 bridgehead atoms. The van der Waals surface area contributed by atoms with Crippen LogP contribution in [0.4, 0.5) is 4.39 Å². The molecule has 2 N–H and O–H groups in total. The first kappa shape index (κ1) is 22.3. The molecule has 1 fully saturated rings. The highest BCUT2D eigenvalue weighted by Crippen LogP contribution is 2.29. The second-order valence-electron chi connectivity index (χ2n) is 8.13. The number of amides is 2. The summed E-state index contributed by atoms with van der Waals surface area (Å²) in [6, 6.07) is 2.99. The van der Waals surface area contributed by atoms with Gasteiger partial charge < -0.3 is 15.3 Å². The van der Waals surface area contributed by atoms with E-state index in [1.165, 1.54) is 16.9 Å². The third kappa shape index (κ3) is 3.64. The third-order valence-electron chi connectivity index (χ3n) is 6.17. The van der Waals surface area contributed by atoms with Gasteiger partial charge in [0.05, 0.1) is 0 Å². The van der Waals surface area contributed by atoms with E-state index >= 15 is 0 Å². The Morgan fingerprint density at radius 3 is 2.78 bits per heavy atom. The quantitative estimate of drug-likeness (QED) is 0.672. The van der Waals surface area contributed by atoms with Gasteiger partial charge in [-0.15, -0.1) is 9.24 Å². The topological polar surface area (TPSA) is 94.9 Å². The molecule has 10 heteroatoms. The highest BCUT2D eigenvalue weighted by atomic mass is 31.0. The van der Waals surface area contributed by atoms with Gasteiger partial charge >= 0.3 is 0 Å². The number of benzene rings is 1. The zero-order chi connectivity index (χ0) is 23.2. The average molecular weight is 460 g/mol. The van der Waals surface area contributed by atoms with Crippen LogP contribution in [0.1, 0.15) is 58.2 Å².